The molecule has 2 saturated heterocycles. The third-order valence-corrected chi connectivity index (χ3v) is 5.79. The number of piperazine rings is 1. The van der Waals surface area contributed by atoms with Gasteiger partial charge in [-0.25, -0.2) is 4.39 Å². The maximum absolute atomic E-state index is 13.2. The minimum Gasteiger partial charge on any atom is -0.342 e. The van der Waals surface area contributed by atoms with Crippen LogP contribution in [0, 0.1) is 5.82 Å². The Labute approximate surface area is 162 Å². The second-order valence-electron chi connectivity index (χ2n) is 6.99. The van der Waals surface area contributed by atoms with Gasteiger partial charge in [0, 0.05) is 43.7 Å². The second kappa shape index (κ2) is 8.95. The molecule has 0 saturated carbocycles. The summed E-state index contributed by atoms with van der Waals surface area (Å²) in [5.41, 5.74) is 0.473. The molecular formula is C19H25BrFN3O2. The fraction of sp³-hybridized carbons (Fsp3) is 0.579. The number of hydrogen-bond acceptors (Lipinski definition) is 3. The van der Waals surface area contributed by atoms with Crippen LogP contribution in [0.2, 0.25) is 0 Å². The highest BCUT2D eigenvalue weighted by atomic mass is 79.9. The molecular weight excluding hydrogens is 401 g/mol. The normalized spacial score (nSPS) is 19.3. The zero-order valence-corrected chi connectivity index (χ0v) is 16.5. The van der Waals surface area contributed by atoms with Crippen LogP contribution in [0.25, 0.3) is 0 Å². The topological polar surface area (TPSA) is 43.9 Å². The van der Waals surface area contributed by atoms with E-state index in [1.165, 1.54) is 31.0 Å². The molecule has 0 atom stereocenters. The number of carbonyl (C=O) groups is 2. The Balaban J connectivity index is 1.50. The Morgan fingerprint density at radius 1 is 0.923 bits per heavy atom. The first-order valence-electron chi connectivity index (χ1n) is 9.29. The maximum Gasteiger partial charge on any atom is 0.255 e. The molecule has 7 heteroatoms. The standard InChI is InChI=1S/C19H25BrFN3O2/c20-17-13-15(21)5-6-16(17)19(26)24-11-9-22(10-12-24)14-18(25)23-7-3-1-2-4-8-23/h5-6,13H,1-4,7-12,14H2. The first-order valence-corrected chi connectivity index (χ1v) is 10.1. The van der Waals surface area contributed by atoms with E-state index in [2.05, 4.69) is 20.8 Å². The largest absolute Gasteiger partial charge is 0.342 e. The van der Waals surface area contributed by atoms with Gasteiger partial charge in [0.25, 0.3) is 5.91 Å². The number of likely N-dealkylation sites (tertiary alicyclic amines) is 1. The van der Waals surface area contributed by atoms with Gasteiger partial charge < -0.3 is 9.80 Å². The van der Waals surface area contributed by atoms with Crippen LogP contribution in [0.4, 0.5) is 4.39 Å². The van der Waals surface area contributed by atoms with Gasteiger partial charge in [-0.05, 0) is 47.0 Å². The van der Waals surface area contributed by atoms with Gasteiger partial charge in [0.2, 0.25) is 5.91 Å². The molecule has 3 rings (SSSR count). The zero-order chi connectivity index (χ0) is 18.5. The van der Waals surface area contributed by atoms with Crippen molar-refractivity contribution < 1.29 is 14.0 Å². The van der Waals surface area contributed by atoms with E-state index >= 15 is 0 Å². The lowest BCUT2D eigenvalue weighted by Gasteiger charge is -2.35. The van der Waals surface area contributed by atoms with E-state index < -0.39 is 0 Å². The van der Waals surface area contributed by atoms with E-state index in [9.17, 15) is 14.0 Å². The first-order chi connectivity index (χ1) is 12.5. The molecule has 1 aromatic carbocycles. The van der Waals surface area contributed by atoms with Crippen LogP contribution in [-0.2, 0) is 4.79 Å². The van der Waals surface area contributed by atoms with Crippen molar-refractivity contribution in [2.75, 3.05) is 45.8 Å². The number of carbonyl (C=O) groups excluding carboxylic acids is 2. The van der Waals surface area contributed by atoms with Gasteiger partial charge in [-0.2, -0.15) is 0 Å². The Morgan fingerprint density at radius 3 is 2.19 bits per heavy atom. The van der Waals surface area contributed by atoms with E-state index in [1.54, 1.807) is 4.90 Å². The van der Waals surface area contributed by atoms with Gasteiger partial charge in [0.05, 0.1) is 12.1 Å². The summed E-state index contributed by atoms with van der Waals surface area (Å²) < 4.78 is 13.7. The lowest BCUT2D eigenvalue weighted by Crippen LogP contribution is -2.51. The summed E-state index contributed by atoms with van der Waals surface area (Å²) in [6, 6.07) is 4.12. The maximum atomic E-state index is 13.2. The Hall–Kier alpha value is -1.47. The number of rotatable bonds is 3. The molecule has 0 bridgehead atoms. The number of halogens is 2. The van der Waals surface area contributed by atoms with Gasteiger partial charge in [-0.1, -0.05) is 12.8 Å². The van der Waals surface area contributed by atoms with Crippen LogP contribution in [0.15, 0.2) is 22.7 Å². The third-order valence-electron chi connectivity index (χ3n) is 5.14. The van der Waals surface area contributed by atoms with Crippen LogP contribution < -0.4 is 0 Å². The SMILES string of the molecule is O=C(CN1CCN(C(=O)c2ccc(F)cc2Br)CC1)N1CCCCCC1. The molecule has 2 fully saturated rings. The lowest BCUT2D eigenvalue weighted by molar-refractivity contribution is -0.132. The average Bonchev–Trinajstić information content (AvgIpc) is 2.91. The van der Waals surface area contributed by atoms with E-state index in [1.807, 2.05) is 4.90 Å². The van der Waals surface area contributed by atoms with Crippen molar-refractivity contribution in [2.24, 2.45) is 0 Å². The summed E-state index contributed by atoms with van der Waals surface area (Å²) in [5.74, 6) is -0.270. The van der Waals surface area contributed by atoms with E-state index in [4.69, 9.17) is 0 Å². The molecule has 1 aromatic rings. The minimum absolute atomic E-state index is 0.102. The van der Waals surface area contributed by atoms with Crippen LogP contribution >= 0.6 is 15.9 Å². The molecule has 0 radical (unpaired) electrons. The van der Waals surface area contributed by atoms with Crippen LogP contribution in [0.3, 0.4) is 0 Å². The average molecular weight is 426 g/mol. The van der Waals surface area contributed by atoms with Crippen LogP contribution in [0.1, 0.15) is 36.0 Å². The van der Waals surface area contributed by atoms with E-state index in [0.29, 0.717) is 42.8 Å². The first kappa shape index (κ1) is 19.3. The van der Waals surface area contributed by atoms with Gasteiger partial charge in [0.1, 0.15) is 5.82 Å². The summed E-state index contributed by atoms with van der Waals surface area (Å²) in [7, 11) is 0. The number of hydrogen-bond donors (Lipinski definition) is 0. The van der Waals surface area contributed by atoms with E-state index in [-0.39, 0.29) is 17.6 Å². The monoisotopic (exact) mass is 425 g/mol. The van der Waals surface area contributed by atoms with Crippen LogP contribution in [0.5, 0.6) is 0 Å². The fourth-order valence-corrected chi connectivity index (χ4v) is 4.07. The molecule has 0 unspecified atom stereocenters. The zero-order valence-electron chi connectivity index (χ0n) is 14.9. The van der Waals surface area contributed by atoms with Crippen molar-refractivity contribution in [3.05, 3.63) is 34.1 Å². The molecule has 5 nitrogen and oxygen atoms in total. The highest BCUT2D eigenvalue weighted by Gasteiger charge is 2.26. The van der Waals surface area contributed by atoms with Crippen molar-refractivity contribution in [2.45, 2.75) is 25.7 Å². The van der Waals surface area contributed by atoms with Gasteiger partial charge >= 0.3 is 0 Å². The number of benzene rings is 1. The molecule has 0 aromatic heterocycles. The van der Waals surface area contributed by atoms with Crippen molar-refractivity contribution in [1.82, 2.24) is 14.7 Å². The predicted molar refractivity (Wildman–Crippen MR) is 101 cm³/mol. The summed E-state index contributed by atoms with van der Waals surface area (Å²) in [5, 5.41) is 0. The summed E-state index contributed by atoms with van der Waals surface area (Å²) in [6.07, 6.45) is 4.62. The Morgan fingerprint density at radius 2 is 1.58 bits per heavy atom. The minimum atomic E-state index is -0.370. The molecule has 0 N–H and O–H groups in total. The Kier molecular flexibility index (Phi) is 6.64. The van der Waals surface area contributed by atoms with Crippen molar-refractivity contribution in [1.29, 1.82) is 0 Å². The molecule has 2 heterocycles. The molecule has 2 aliphatic rings. The summed E-state index contributed by atoms with van der Waals surface area (Å²) in [6.45, 7) is 4.70. The quantitative estimate of drug-likeness (QED) is 0.747. The third kappa shape index (κ3) is 4.82. The number of nitrogens with zero attached hydrogens (tertiary/aromatic N) is 3. The molecule has 142 valence electrons. The predicted octanol–water partition coefficient (Wildman–Crippen LogP) is 2.75. The van der Waals surface area contributed by atoms with Gasteiger partial charge in [-0.3, -0.25) is 14.5 Å². The second-order valence-corrected chi connectivity index (χ2v) is 7.84. The number of amides is 2. The summed E-state index contributed by atoms with van der Waals surface area (Å²) in [4.78, 5) is 31.0. The van der Waals surface area contributed by atoms with Gasteiger partial charge in [-0.15, -0.1) is 0 Å². The molecule has 0 spiro atoms. The van der Waals surface area contributed by atoms with Crippen molar-refractivity contribution in [3.63, 3.8) is 0 Å². The van der Waals surface area contributed by atoms with Crippen molar-refractivity contribution in [3.8, 4) is 0 Å². The highest BCUT2D eigenvalue weighted by Crippen LogP contribution is 2.20. The Bertz CT molecular complexity index is 654. The smallest absolute Gasteiger partial charge is 0.255 e. The highest BCUT2D eigenvalue weighted by molar-refractivity contribution is 9.10. The summed E-state index contributed by atoms with van der Waals surface area (Å²) >= 11 is 3.26. The van der Waals surface area contributed by atoms with Crippen molar-refractivity contribution >= 4 is 27.7 Å². The molecule has 0 aliphatic carbocycles. The molecule has 2 amide bonds. The van der Waals surface area contributed by atoms with Crippen LogP contribution in [-0.4, -0.2) is 72.3 Å². The van der Waals surface area contributed by atoms with E-state index in [0.717, 1.165) is 25.9 Å². The van der Waals surface area contributed by atoms with Gasteiger partial charge in [0.15, 0.2) is 0 Å². The fourth-order valence-electron chi connectivity index (χ4n) is 3.55. The lowest BCUT2D eigenvalue weighted by atomic mass is 10.1. The molecule has 2 aliphatic heterocycles. The molecule has 26 heavy (non-hydrogen) atoms.